The molecular weight excluding hydrogens is 354 g/mol. The van der Waals surface area contributed by atoms with E-state index in [1.54, 1.807) is 25.3 Å². The molecule has 6 nitrogen and oxygen atoms in total. The van der Waals surface area contributed by atoms with Crippen LogP contribution in [-0.4, -0.2) is 23.4 Å². The largest absolute Gasteiger partial charge is 0.496 e. The molecule has 0 fully saturated rings. The van der Waals surface area contributed by atoms with Crippen LogP contribution in [0.2, 0.25) is 0 Å². The number of ether oxygens (including phenoxy) is 1. The summed E-state index contributed by atoms with van der Waals surface area (Å²) in [6.45, 7) is 2.02. The summed E-state index contributed by atoms with van der Waals surface area (Å²) in [5.74, 6) is 0.994. The van der Waals surface area contributed by atoms with Crippen molar-refractivity contribution in [3.05, 3.63) is 59.1 Å². The van der Waals surface area contributed by atoms with Crippen LogP contribution in [0.15, 0.2) is 40.9 Å². The molecule has 1 N–H and O–H groups in total. The maximum absolute atomic E-state index is 11.1. The molecule has 0 aliphatic rings. The van der Waals surface area contributed by atoms with E-state index in [2.05, 4.69) is 16.0 Å². The Kier molecular flexibility index (Phi) is 4.58. The Morgan fingerprint density at radius 2 is 2.21 bits per heavy atom. The van der Waals surface area contributed by atoms with Crippen LogP contribution >= 0.6 is 0 Å². The number of nitriles is 1. The molecule has 4 aromatic rings. The van der Waals surface area contributed by atoms with Gasteiger partial charge in [-0.1, -0.05) is 0 Å². The molecule has 1 atom stereocenters. The molecule has 0 saturated carbocycles. The fraction of sp³-hybridized carbons (Fsp3) is 0.227. The maximum Gasteiger partial charge on any atom is 0.203 e. The van der Waals surface area contributed by atoms with Gasteiger partial charge >= 0.3 is 0 Å². The number of H-pyrrole nitrogens is 1. The lowest BCUT2D eigenvalue weighted by Gasteiger charge is -2.18. The van der Waals surface area contributed by atoms with Crippen LogP contribution in [0.4, 0.5) is 0 Å². The van der Waals surface area contributed by atoms with Gasteiger partial charge in [0.1, 0.15) is 17.6 Å². The number of nitrogens with one attached hydrogen (secondary N) is 1. The van der Waals surface area contributed by atoms with Gasteiger partial charge in [-0.25, -0.2) is 4.98 Å². The average molecular weight is 373 g/mol. The number of oxazole rings is 1. The molecule has 0 aliphatic carbocycles. The molecule has 1 unspecified atom stereocenters. The third kappa shape index (κ3) is 2.91. The Morgan fingerprint density at radius 1 is 1.36 bits per heavy atom. The van der Waals surface area contributed by atoms with Crippen molar-refractivity contribution in [2.24, 2.45) is 0 Å². The number of aromatic nitrogens is 2. The molecule has 2 aromatic heterocycles. The predicted octanol–water partition coefficient (Wildman–Crippen LogP) is 4.61. The number of benzene rings is 2. The lowest BCUT2D eigenvalue weighted by Crippen LogP contribution is -2.06. The molecule has 0 aliphatic heterocycles. The monoisotopic (exact) mass is 373 g/mol. The van der Waals surface area contributed by atoms with Gasteiger partial charge in [0.05, 0.1) is 24.7 Å². The van der Waals surface area contributed by atoms with Crippen molar-refractivity contribution < 1.29 is 13.9 Å². The summed E-state index contributed by atoms with van der Waals surface area (Å²) in [6, 6.07) is 11.3. The van der Waals surface area contributed by atoms with E-state index in [9.17, 15) is 4.79 Å². The fourth-order valence-corrected chi connectivity index (χ4v) is 3.72. The third-order valence-corrected chi connectivity index (χ3v) is 5.02. The number of methoxy groups -OCH3 is 1. The molecule has 0 bridgehead atoms. The molecule has 0 saturated heterocycles. The molecule has 0 radical (unpaired) electrons. The van der Waals surface area contributed by atoms with Gasteiger partial charge < -0.3 is 18.9 Å². The Balaban J connectivity index is 1.94. The number of aldehydes is 1. The van der Waals surface area contributed by atoms with Crippen LogP contribution in [0.1, 0.15) is 41.3 Å². The molecule has 2 aromatic carbocycles. The van der Waals surface area contributed by atoms with E-state index in [1.807, 2.05) is 25.3 Å². The summed E-state index contributed by atoms with van der Waals surface area (Å²) < 4.78 is 11.7. The highest BCUT2D eigenvalue weighted by Gasteiger charge is 2.27. The van der Waals surface area contributed by atoms with E-state index < -0.39 is 0 Å². The highest BCUT2D eigenvalue weighted by molar-refractivity contribution is 5.89. The molecule has 140 valence electrons. The minimum atomic E-state index is -0.253. The van der Waals surface area contributed by atoms with Crippen LogP contribution < -0.4 is 4.74 Å². The Morgan fingerprint density at radius 3 is 2.96 bits per heavy atom. The van der Waals surface area contributed by atoms with Gasteiger partial charge in [0.15, 0.2) is 5.58 Å². The van der Waals surface area contributed by atoms with Crippen molar-refractivity contribution in [2.75, 3.05) is 7.11 Å². The lowest BCUT2D eigenvalue weighted by molar-refractivity contribution is -0.108. The number of hydrogen-bond acceptors (Lipinski definition) is 5. The summed E-state index contributed by atoms with van der Waals surface area (Å²) in [5, 5.41) is 10.1. The van der Waals surface area contributed by atoms with Crippen molar-refractivity contribution in [1.29, 1.82) is 5.26 Å². The van der Waals surface area contributed by atoms with Crippen molar-refractivity contribution in [3.63, 3.8) is 0 Å². The minimum absolute atomic E-state index is 0.253. The van der Waals surface area contributed by atoms with Gasteiger partial charge in [-0.2, -0.15) is 5.26 Å². The van der Waals surface area contributed by atoms with Crippen LogP contribution in [0.3, 0.4) is 0 Å². The van der Waals surface area contributed by atoms with Crippen molar-refractivity contribution in [2.45, 2.75) is 25.7 Å². The molecule has 4 rings (SSSR count). The van der Waals surface area contributed by atoms with Gasteiger partial charge in [0.2, 0.25) is 5.89 Å². The van der Waals surface area contributed by atoms with Crippen LogP contribution in [0, 0.1) is 18.3 Å². The summed E-state index contributed by atoms with van der Waals surface area (Å²) in [5.41, 5.74) is 4.81. The first-order chi connectivity index (χ1) is 13.7. The number of nitrogens with zero attached hydrogens (tertiary/aromatic N) is 2. The van der Waals surface area contributed by atoms with Gasteiger partial charge in [0.25, 0.3) is 0 Å². The zero-order valence-corrected chi connectivity index (χ0v) is 15.7. The second-order valence-corrected chi connectivity index (χ2v) is 6.72. The lowest BCUT2D eigenvalue weighted by atomic mass is 9.89. The van der Waals surface area contributed by atoms with Gasteiger partial charge in [-0.15, -0.1) is 0 Å². The summed E-state index contributed by atoms with van der Waals surface area (Å²) >= 11 is 0. The first kappa shape index (κ1) is 17.8. The van der Waals surface area contributed by atoms with Crippen molar-refractivity contribution in [3.8, 4) is 11.8 Å². The SMILES string of the molecule is COc1cc(C)c2[nH]ccc2c1C(CCC=O)c1nc2cc(C#N)ccc2o1. The molecule has 0 spiro atoms. The number of rotatable bonds is 6. The zero-order valence-electron chi connectivity index (χ0n) is 15.7. The zero-order chi connectivity index (χ0) is 19.7. The Labute approximate surface area is 161 Å². The van der Waals surface area contributed by atoms with Crippen LogP contribution in [0.25, 0.3) is 22.0 Å². The van der Waals surface area contributed by atoms with Gasteiger partial charge in [-0.3, -0.25) is 0 Å². The standard InChI is InChI=1S/C22H19N3O3/c1-13-10-19(27-2)20(15-7-8-24-21(13)15)16(4-3-9-26)22-25-17-11-14(12-23)5-6-18(17)28-22/h5-11,16,24H,3-4H2,1-2H3. The molecule has 6 heteroatoms. The minimum Gasteiger partial charge on any atom is -0.496 e. The number of aromatic amines is 1. The first-order valence-electron chi connectivity index (χ1n) is 9.05. The summed E-state index contributed by atoms with van der Waals surface area (Å²) in [7, 11) is 1.64. The van der Waals surface area contributed by atoms with E-state index in [0.29, 0.717) is 35.4 Å². The predicted molar refractivity (Wildman–Crippen MR) is 105 cm³/mol. The number of carbonyl (C=O) groups is 1. The van der Waals surface area contributed by atoms with Gasteiger partial charge in [-0.05, 0) is 49.2 Å². The quantitative estimate of drug-likeness (QED) is 0.498. The maximum atomic E-state index is 11.1. The topological polar surface area (TPSA) is 91.9 Å². The number of carbonyl (C=O) groups excluding carboxylic acids is 1. The third-order valence-electron chi connectivity index (χ3n) is 5.02. The summed E-state index contributed by atoms with van der Waals surface area (Å²) in [4.78, 5) is 19.0. The number of hydrogen-bond donors (Lipinski definition) is 1. The molecular formula is C22H19N3O3. The van der Waals surface area contributed by atoms with Crippen LogP contribution in [0.5, 0.6) is 5.75 Å². The normalized spacial score (nSPS) is 12.2. The van der Waals surface area contributed by atoms with E-state index in [1.165, 1.54) is 0 Å². The average Bonchev–Trinajstić information content (AvgIpc) is 3.36. The Hall–Kier alpha value is -3.59. The fourth-order valence-electron chi connectivity index (χ4n) is 3.72. The van der Waals surface area contributed by atoms with Crippen molar-refractivity contribution >= 4 is 28.3 Å². The number of aryl methyl sites for hydroxylation is 1. The van der Waals surface area contributed by atoms with E-state index in [0.717, 1.165) is 34.1 Å². The van der Waals surface area contributed by atoms with Crippen molar-refractivity contribution in [1.82, 2.24) is 9.97 Å². The van der Waals surface area contributed by atoms with E-state index >= 15 is 0 Å². The molecule has 2 heterocycles. The summed E-state index contributed by atoms with van der Waals surface area (Å²) in [6.07, 6.45) is 3.71. The van der Waals surface area contributed by atoms with Crippen LogP contribution in [-0.2, 0) is 4.79 Å². The number of fused-ring (bicyclic) bond motifs is 2. The molecule has 0 amide bonds. The highest BCUT2D eigenvalue weighted by atomic mass is 16.5. The van der Waals surface area contributed by atoms with E-state index in [-0.39, 0.29) is 5.92 Å². The Bertz CT molecular complexity index is 1210. The second kappa shape index (κ2) is 7.20. The van der Waals surface area contributed by atoms with E-state index in [4.69, 9.17) is 14.4 Å². The highest BCUT2D eigenvalue weighted by Crippen LogP contribution is 2.41. The van der Waals surface area contributed by atoms with Gasteiger partial charge in [0, 0.05) is 29.1 Å². The molecule has 28 heavy (non-hydrogen) atoms. The first-order valence-corrected chi connectivity index (χ1v) is 9.05. The second-order valence-electron chi connectivity index (χ2n) is 6.72. The smallest absolute Gasteiger partial charge is 0.203 e.